The number of benzene rings is 2. The van der Waals surface area contributed by atoms with Crippen LogP contribution in [-0.4, -0.2) is 70.4 Å². The first-order valence-electron chi connectivity index (χ1n) is 17.6. The van der Waals surface area contributed by atoms with Crippen LogP contribution in [0, 0.1) is 5.92 Å². The van der Waals surface area contributed by atoms with Crippen LogP contribution in [0.4, 0.5) is 32.3 Å². The van der Waals surface area contributed by atoms with Crippen LogP contribution in [-0.2, 0) is 16.1 Å². The predicted octanol–water partition coefficient (Wildman–Crippen LogP) is 6.82. The number of ether oxygens (including phenoxy) is 1. The number of nitrogens with zero attached hydrogens (tertiary/aromatic N) is 5. The summed E-state index contributed by atoms with van der Waals surface area (Å²) in [6, 6.07) is 17.8. The summed E-state index contributed by atoms with van der Waals surface area (Å²) in [5.41, 5.74) is 2.33. The molecule has 4 heterocycles. The first-order valence-corrected chi connectivity index (χ1v) is 17.6. The Bertz CT molecular complexity index is 1960. The lowest BCUT2D eigenvalue weighted by molar-refractivity contribution is -0.119. The molecule has 0 saturated carbocycles. The maximum absolute atomic E-state index is 14.4. The number of carboxylic acid groups (broad SMARTS) is 1. The van der Waals surface area contributed by atoms with Crippen LogP contribution in [0.3, 0.4) is 0 Å². The number of aromatic nitrogens is 2. The zero-order valence-corrected chi connectivity index (χ0v) is 30.0. The fourth-order valence-corrected chi connectivity index (χ4v) is 6.85. The number of piperidine rings is 2. The zero-order chi connectivity index (χ0) is 37.0. The summed E-state index contributed by atoms with van der Waals surface area (Å²) in [6.07, 6.45) is 4.39. The van der Waals surface area contributed by atoms with E-state index in [4.69, 9.17) is 9.72 Å². The van der Waals surface area contributed by atoms with Gasteiger partial charge in [-0.1, -0.05) is 43.3 Å². The molecule has 2 aliphatic rings. The van der Waals surface area contributed by atoms with E-state index >= 15 is 0 Å². The number of pyridine rings is 2. The van der Waals surface area contributed by atoms with Gasteiger partial charge in [0.25, 0.3) is 5.91 Å². The summed E-state index contributed by atoms with van der Waals surface area (Å²) in [7, 11) is 0. The molecule has 6 rings (SSSR count). The van der Waals surface area contributed by atoms with E-state index in [-0.39, 0.29) is 35.8 Å². The van der Waals surface area contributed by atoms with Gasteiger partial charge in [-0.2, -0.15) is 0 Å². The van der Waals surface area contributed by atoms with Crippen molar-refractivity contribution in [3.8, 4) is 0 Å². The van der Waals surface area contributed by atoms with Gasteiger partial charge in [-0.3, -0.25) is 19.5 Å². The molecule has 2 aromatic carbocycles. The Morgan fingerprint density at radius 3 is 2.56 bits per heavy atom. The van der Waals surface area contributed by atoms with Gasteiger partial charge in [-0.15, -0.1) is 0 Å². The molecular formula is C39H45N7O6. The summed E-state index contributed by atoms with van der Waals surface area (Å²) in [6.45, 7) is 9.26. The van der Waals surface area contributed by atoms with Crippen molar-refractivity contribution in [3.05, 3.63) is 84.3 Å². The molecule has 2 fully saturated rings. The molecular weight excluding hydrogens is 662 g/mol. The molecule has 2 saturated heterocycles. The minimum atomic E-state index is -1.25. The largest absolute Gasteiger partial charge is 0.465 e. The van der Waals surface area contributed by atoms with Crippen molar-refractivity contribution in [2.75, 3.05) is 39.7 Å². The van der Waals surface area contributed by atoms with E-state index in [0.29, 0.717) is 54.0 Å². The van der Waals surface area contributed by atoms with Gasteiger partial charge in [-0.25, -0.2) is 14.6 Å². The van der Waals surface area contributed by atoms with Crippen LogP contribution >= 0.6 is 0 Å². The van der Waals surface area contributed by atoms with Crippen molar-refractivity contribution in [1.82, 2.24) is 15.3 Å². The van der Waals surface area contributed by atoms with Crippen molar-refractivity contribution in [2.45, 2.75) is 71.6 Å². The molecule has 0 unspecified atom stereocenters. The lowest BCUT2D eigenvalue weighted by atomic mass is 9.95. The van der Waals surface area contributed by atoms with E-state index in [9.17, 15) is 24.3 Å². The van der Waals surface area contributed by atoms with Gasteiger partial charge in [0.2, 0.25) is 5.91 Å². The maximum Gasteiger partial charge on any atom is 0.412 e. The van der Waals surface area contributed by atoms with Crippen LogP contribution in [0.15, 0.2) is 73.1 Å². The standard InChI is InChI=1S/C39H45N7O6/c1-25-18-28(41-37(49)52-39(2,3)4)24-44(22-25)32-15-16-40-21-31(32)43-36(48)35-33(46(38(50)51)23-26-10-6-5-7-11-26)19-27-13-14-29(20-30(27)42-35)45-17-9-8-12-34(45)47/h5-7,10-11,13-16,19-21,25,28H,8-9,12,17-18,22-24H2,1-4H3,(H,41,49)(H,43,48)(H,50,51)/t25-,28+/m1/s1. The Hall–Kier alpha value is -5.72. The molecule has 0 bridgehead atoms. The van der Waals surface area contributed by atoms with Crippen LogP contribution in [0.5, 0.6) is 0 Å². The molecule has 0 radical (unpaired) electrons. The third kappa shape index (κ3) is 8.59. The minimum Gasteiger partial charge on any atom is -0.465 e. The summed E-state index contributed by atoms with van der Waals surface area (Å²) >= 11 is 0. The molecule has 0 spiro atoms. The molecule has 0 aliphatic carbocycles. The van der Waals surface area contributed by atoms with Gasteiger partial charge in [-0.05, 0) is 75.8 Å². The van der Waals surface area contributed by atoms with Gasteiger partial charge < -0.3 is 30.3 Å². The average molecular weight is 708 g/mol. The number of carbonyl (C=O) groups is 4. The number of fused-ring (bicyclic) bond motifs is 1. The van der Waals surface area contributed by atoms with Gasteiger partial charge >= 0.3 is 12.2 Å². The highest BCUT2D eigenvalue weighted by Crippen LogP contribution is 2.33. The second-order valence-corrected chi connectivity index (χ2v) is 14.5. The number of hydrogen-bond donors (Lipinski definition) is 3. The number of rotatable bonds is 8. The summed E-state index contributed by atoms with van der Waals surface area (Å²) in [4.78, 5) is 66.5. The SMILES string of the molecule is C[C@@H]1C[C@H](NC(=O)OC(C)(C)C)CN(c2ccncc2NC(=O)c2nc3cc(N4CCCCC4=O)ccc3cc2N(Cc2ccccc2)C(=O)O)C1. The normalized spacial score (nSPS) is 17.8. The molecule has 272 valence electrons. The highest BCUT2D eigenvalue weighted by molar-refractivity contribution is 6.11. The van der Waals surface area contributed by atoms with Crippen molar-refractivity contribution >= 4 is 57.7 Å². The Kier molecular flexibility index (Phi) is 10.6. The second-order valence-electron chi connectivity index (χ2n) is 14.5. The van der Waals surface area contributed by atoms with Crippen molar-refractivity contribution in [1.29, 1.82) is 0 Å². The Labute approximate surface area is 303 Å². The van der Waals surface area contributed by atoms with E-state index in [1.807, 2.05) is 57.2 Å². The Morgan fingerprint density at radius 1 is 1.04 bits per heavy atom. The van der Waals surface area contributed by atoms with Crippen molar-refractivity contribution in [2.24, 2.45) is 5.92 Å². The quantitative estimate of drug-likeness (QED) is 0.179. The Morgan fingerprint density at radius 2 is 1.83 bits per heavy atom. The molecule has 2 aliphatic heterocycles. The van der Waals surface area contributed by atoms with Gasteiger partial charge in [0.05, 0.1) is 35.3 Å². The van der Waals surface area contributed by atoms with Crippen LogP contribution in [0.2, 0.25) is 0 Å². The molecule has 2 aromatic heterocycles. The summed E-state index contributed by atoms with van der Waals surface area (Å²) < 4.78 is 5.50. The fourth-order valence-electron chi connectivity index (χ4n) is 6.85. The predicted molar refractivity (Wildman–Crippen MR) is 200 cm³/mol. The highest BCUT2D eigenvalue weighted by atomic mass is 16.6. The third-order valence-electron chi connectivity index (χ3n) is 9.10. The molecule has 52 heavy (non-hydrogen) atoms. The number of carbonyl (C=O) groups excluding carboxylic acids is 3. The molecule has 13 heteroatoms. The fraction of sp³-hybridized carbons (Fsp3) is 0.385. The van der Waals surface area contributed by atoms with Crippen molar-refractivity contribution in [3.63, 3.8) is 0 Å². The highest BCUT2D eigenvalue weighted by Gasteiger charge is 2.31. The van der Waals surface area contributed by atoms with Crippen molar-refractivity contribution < 1.29 is 29.0 Å². The van der Waals surface area contributed by atoms with E-state index in [1.165, 1.54) is 0 Å². The van der Waals surface area contributed by atoms with E-state index in [2.05, 4.69) is 27.4 Å². The van der Waals surface area contributed by atoms with Crippen LogP contribution < -0.4 is 25.3 Å². The van der Waals surface area contributed by atoms with Crippen LogP contribution in [0.1, 0.15) is 69.4 Å². The molecule has 3 N–H and O–H groups in total. The lowest BCUT2D eigenvalue weighted by Crippen LogP contribution is -2.51. The monoisotopic (exact) mass is 707 g/mol. The van der Waals surface area contributed by atoms with Crippen LogP contribution in [0.25, 0.3) is 10.9 Å². The first kappa shape index (κ1) is 36.1. The van der Waals surface area contributed by atoms with E-state index in [1.54, 1.807) is 41.6 Å². The Balaban J connectivity index is 1.35. The van der Waals surface area contributed by atoms with E-state index < -0.39 is 23.7 Å². The van der Waals surface area contributed by atoms with Gasteiger partial charge in [0.15, 0.2) is 5.69 Å². The summed E-state index contributed by atoms with van der Waals surface area (Å²) in [5, 5.41) is 17.0. The van der Waals surface area contributed by atoms with Gasteiger partial charge in [0.1, 0.15) is 5.60 Å². The van der Waals surface area contributed by atoms with E-state index in [0.717, 1.165) is 29.7 Å². The van der Waals surface area contributed by atoms with Gasteiger partial charge in [0, 0.05) is 49.4 Å². The smallest absolute Gasteiger partial charge is 0.412 e. The topological polar surface area (TPSA) is 157 Å². The zero-order valence-electron chi connectivity index (χ0n) is 30.0. The molecule has 4 amide bonds. The molecule has 4 aromatic rings. The number of anilines is 4. The first-order chi connectivity index (χ1) is 24.8. The summed E-state index contributed by atoms with van der Waals surface area (Å²) in [5.74, 6) is -0.388. The third-order valence-corrected chi connectivity index (χ3v) is 9.10. The molecule has 13 nitrogen and oxygen atoms in total. The number of hydrogen-bond acceptors (Lipinski definition) is 8. The maximum atomic E-state index is 14.4. The molecule has 2 atom stereocenters. The lowest BCUT2D eigenvalue weighted by Gasteiger charge is -2.39. The second kappa shape index (κ2) is 15.3. The number of nitrogens with one attached hydrogen (secondary N) is 2. The number of amides is 4. The number of alkyl carbamates (subject to hydrolysis) is 1. The minimum absolute atomic E-state index is 0.0140. The average Bonchev–Trinajstić information content (AvgIpc) is 3.09.